The smallest absolute Gasteiger partial charge is 0.310 e. The quantitative estimate of drug-likeness (QED) is 0.319. The van der Waals surface area contributed by atoms with Gasteiger partial charge in [0.15, 0.2) is 5.82 Å². The van der Waals surface area contributed by atoms with Crippen molar-refractivity contribution in [3.05, 3.63) is 70.0 Å². The van der Waals surface area contributed by atoms with Gasteiger partial charge in [-0.15, -0.1) is 10.2 Å². The highest BCUT2D eigenvalue weighted by Gasteiger charge is 2.35. The van der Waals surface area contributed by atoms with Crippen LogP contribution in [0.4, 0.5) is 0 Å². The minimum absolute atomic E-state index is 0.224. The first kappa shape index (κ1) is 25.9. The van der Waals surface area contributed by atoms with Gasteiger partial charge in [-0.1, -0.05) is 59.6 Å². The van der Waals surface area contributed by atoms with Crippen LogP contribution in [0.2, 0.25) is 0 Å². The Morgan fingerprint density at radius 1 is 1.12 bits per heavy atom. The molecule has 2 aromatic carbocycles. The molecule has 0 spiro atoms. The number of tetrazole rings is 1. The van der Waals surface area contributed by atoms with Crippen molar-refractivity contribution in [1.29, 1.82) is 0 Å². The van der Waals surface area contributed by atoms with Crippen LogP contribution in [0.5, 0.6) is 5.75 Å². The van der Waals surface area contributed by atoms with Crippen LogP contribution in [-0.2, 0) is 22.5 Å². The van der Waals surface area contributed by atoms with E-state index < -0.39 is 5.60 Å². The Kier molecular flexibility index (Phi) is 8.83. The minimum Gasteiger partial charge on any atom is -0.497 e. The van der Waals surface area contributed by atoms with Crippen LogP contribution >= 0.6 is 15.9 Å². The molecule has 0 saturated heterocycles. The molecule has 0 amide bonds. The van der Waals surface area contributed by atoms with Crippen molar-refractivity contribution in [2.45, 2.75) is 65.0 Å². The molecule has 2 atom stereocenters. The van der Waals surface area contributed by atoms with E-state index in [0.717, 1.165) is 27.8 Å². The number of hydrogen-bond donors (Lipinski definition) is 0. The molecule has 0 fully saturated rings. The number of rotatable bonds is 10. The summed E-state index contributed by atoms with van der Waals surface area (Å²) in [6.45, 7) is 8.21. The van der Waals surface area contributed by atoms with Gasteiger partial charge in [-0.25, -0.2) is 0 Å². The molecule has 0 unspecified atom stereocenters. The zero-order valence-electron chi connectivity index (χ0n) is 20.5. The number of aromatic nitrogens is 4. The highest BCUT2D eigenvalue weighted by Crippen LogP contribution is 2.33. The molecule has 7 nitrogen and oxygen atoms in total. The normalized spacial score (nSPS) is 13.4. The number of nitrogens with zero attached hydrogens (tertiary/aromatic N) is 4. The van der Waals surface area contributed by atoms with Crippen LogP contribution in [0.3, 0.4) is 0 Å². The fourth-order valence-corrected chi connectivity index (χ4v) is 4.30. The van der Waals surface area contributed by atoms with E-state index in [1.807, 2.05) is 63.2 Å². The maximum absolute atomic E-state index is 13.3. The van der Waals surface area contributed by atoms with Crippen LogP contribution in [0.1, 0.15) is 63.4 Å². The van der Waals surface area contributed by atoms with E-state index in [1.54, 1.807) is 11.9 Å². The number of halogens is 1. The Hall–Kier alpha value is -2.74. The summed E-state index contributed by atoms with van der Waals surface area (Å²) in [7, 11) is 1.64. The summed E-state index contributed by atoms with van der Waals surface area (Å²) >= 11 is 3.64. The summed E-state index contributed by atoms with van der Waals surface area (Å²) < 4.78 is 12.0. The number of carbonyl (C=O) groups is 1. The Balaban J connectivity index is 1.92. The molecule has 0 aliphatic heterocycles. The Morgan fingerprint density at radius 2 is 1.82 bits per heavy atom. The molecule has 0 bridgehead atoms. The standard InChI is InChI=1S/C26H33BrN4O3/c1-6-9-21(25(32)34-26(2,3)4)22(16-19-10-7-8-11-23(19)27)24-28-30-31(29-24)17-18-12-14-20(33-5)15-13-18/h7-8,10-15,21-22H,6,9,16-17H2,1-5H3/t21-,22-/m0/s1. The van der Waals surface area contributed by atoms with Crippen molar-refractivity contribution >= 4 is 21.9 Å². The number of ether oxygens (including phenoxy) is 2. The lowest BCUT2D eigenvalue weighted by molar-refractivity contribution is -0.161. The fourth-order valence-electron chi connectivity index (χ4n) is 3.85. The summed E-state index contributed by atoms with van der Waals surface area (Å²) in [5, 5.41) is 13.4. The molecule has 1 heterocycles. The Morgan fingerprint density at radius 3 is 2.44 bits per heavy atom. The van der Waals surface area contributed by atoms with E-state index in [4.69, 9.17) is 14.6 Å². The van der Waals surface area contributed by atoms with Gasteiger partial charge < -0.3 is 9.47 Å². The van der Waals surface area contributed by atoms with Crippen molar-refractivity contribution in [2.75, 3.05) is 7.11 Å². The Labute approximate surface area is 210 Å². The molecule has 8 heteroatoms. The maximum atomic E-state index is 13.3. The molecule has 3 aromatic rings. The van der Waals surface area contributed by atoms with E-state index in [9.17, 15) is 4.79 Å². The SMILES string of the molecule is CCC[C@H](C(=O)OC(C)(C)C)[C@H](Cc1ccccc1Br)c1nnn(Cc2ccc(OC)cc2)n1. The first-order valence-corrected chi connectivity index (χ1v) is 12.4. The first-order chi connectivity index (χ1) is 16.2. The molecule has 0 saturated carbocycles. The van der Waals surface area contributed by atoms with E-state index in [0.29, 0.717) is 25.2 Å². The number of methoxy groups -OCH3 is 1. The van der Waals surface area contributed by atoms with Crippen molar-refractivity contribution in [1.82, 2.24) is 20.2 Å². The van der Waals surface area contributed by atoms with Gasteiger partial charge in [-0.3, -0.25) is 4.79 Å². The minimum atomic E-state index is -0.569. The zero-order chi connectivity index (χ0) is 24.7. The molecular formula is C26H33BrN4O3. The molecule has 34 heavy (non-hydrogen) atoms. The number of hydrogen-bond acceptors (Lipinski definition) is 6. The molecule has 0 radical (unpaired) electrons. The van der Waals surface area contributed by atoms with Gasteiger partial charge in [0, 0.05) is 10.4 Å². The molecule has 0 N–H and O–H groups in total. The van der Waals surface area contributed by atoms with Gasteiger partial charge in [0.25, 0.3) is 0 Å². The molecule has 0 aliphatic carbocycles. The lowest BCUT2D eigenvalue weighted by Gasteiger charge is -2.28. The van der Waals surface area contributed by atoms with Crippen LogP contribution in [0, 0.1) is 5.92 Å². The Bertz CT molecular complexity index is 1080. The van der Waals surface area contributed by atoms with Gasteiger partial charge in [0.1, 0.15) is 11.4 Å². The van der Waals surface area contributed by atoms with Crippen LogP contribution in [0.15, 0.2) is 53.0 Å². The third kappa shape index (κ3) is 7.13. The van der Waals surface area contributed by atoms with E-state index in [1.165, 1.54) is 0 Å². The lowest BCUT2D eigenvalue weighted by atomic mass is 9.83. The van der Waals surface area contributed by atoms with Crippen molar-refractivity contribution in [3.8, 4) is 5.75 Å². The van der Waals surface area contributed by atoms with Gasteiger partial charge in [0.05, 0.1) is 19.6 Å². The fraction of sp³-hybridized carbons (Fsp3) is 0.462. The second-order valence-corrected chi connectivity index (χ2v) is 10.2. The second-order valence-electron chi connectivity index (χ2n) is 9.36. The molecular weight excluding hydrogens is 496 g/mol. The summed E-state index contributed by atoms with van der Waals surface area (Å²) in [6, 6.07) is 15.8. The van der Waals surface area contributed by atoms with Crippen LogP contribution < -0.4 is 4.74 Å². The first-order valence-electron chi connectivity index (χ1n) is 11.6. The molecule has 3 rings (SSSR count). The topological polar surface area (TPSA) is 79.1 Å². The van der Waals surface area contributed by atoms with Gasteiger partial charge >= 0.3 is 5.97 Å². The molecule has 0 aliphatic rings. The molecule has 1 aromatic heterocycles. The summed E-state index contributed by atoms with van der Waals surface area (Å²) in [5.74, 6) is 0.476. The summed E-state index contributed by atoms with van der Waals surface area (Å²) in [6.07, 6.45) is 2.12. The monoisotopic (exact) mass is 528 g/mol. The van der Waals surface area contributed by atoms with Crippen LogP contribution in [0.25, 0.3) is 0 Å². The van der Waals surface area contributed by atoms with Gasteiger partial charge in [-0.05, 0) is 68.2 Å². The number of esters is 1. The number of carbonyl (C=O) groups excluding carboxylic acids is 1. The number of benzene rings is 2. The summed E-state index contributed by atoms with van der Waals surface area (Å²) in [5.41, 5.74) is 1.55. The highest BCUT2D eigenvalue weighted by atomic mass is 79.9. The van der Waals surface area contributed by atoms with E-state index >= 15 is 0 Å². The van der Waals surface area contributed by atoms with E-state index in [2.05, 4.69) is 39.2 Å². The average molecular weight is 529 g/mol. The highest BCUT2D eigenvalue weighted by molar-refractivity contribution is 9.10. The van der Waals surface area contributed by atoms with Crippen molar-refractivity contribution in [2.24, 2.45) is 5.92 Å². The van der Waals surface area contributed by atoms with Crippen molar-refractivity contribution < 1.29 is 14.3 Å². The van der Waals surface area contributed by atoms with Crippen molar-refractivity contribution in [3.63, 3.8) is 0 Å². The largest absolute Gasteiger partial charge is 0.497 e. The maximum Gasteiger partial charge on any atom is 0.310 e. The predicted molar refractivity (Wildman–Crippen MR) is 135 cm³/mol. The summed E-state index contributed by atoms with van der Waals surface area (Å²) in [4.78, 5) is 14.8. The lowest BCUT2D eigenvalue weighted by Crippen LogP contribution is -2.33. The third-order valence-corrected chi connectivity index (χ3v) is 6.25. The van der Waals surface area contributed by atoms with Crippen LogP contribution in [-0.4, -0.2) is 38.9 Å². The zero-order valence-corrected chi connectivity index (χ0v) is 22.1. The van der Waals surface area contributed by atoms with E-state index in [-0.39, 0.29) is 17.8 Å². The molecule has 182 valence electrons. The van der Waals surface area contributed by atoms with Gasteiger partial charge in [-0.2, -0.15) is 4.80 Å². The average Bonchev–Trinajstić information content (AvgIpc) is 3.25. The predicted octanol–water partition coefficient (Wildman–Crippen LogP) is 5.58. The van der Waals surface area contributed by atoms with Gasteiger partial charge in [0.2, 0.25) is 0 Å². The second kappa shape index (κ2) is 11.6. The third-order valence-electron chi connectivity index (χ3n) is 5.48.